The van der Waals surface area contributed by atoms with Crippen molar-refractivity contribution in [3.8, 4) is 0 Å². The Bertz CT molecular complexity index is 569. The van der Waals surface area contributed by atoms with Crippen LogP contribution in [0.25, 0.3) is 0 Å². The van der Waals surface area contributed by atoms with Gasteiger partial charge >= 0.3 is 0 Å². The fraction of sp³-hybridized carbons (Fsp3) is 0.667. The van der Waals surface area contributed by atoms with Crippen LogP contribution in [0, 0.1) is 5.92 Å². The summed E-state index contributed by atoms with van der Waals surface area (Å²) in [5, 5.41) is 6.88. The van der Waals surface area contributed by atoms with E-state index < -0.39 is 0 Å². The summed E-state index contributed by atoms with van der Waals surface area (Å²) in [6, 6.07) is 11.2. The van der Waals surface area contributed by atoms with Crippen LogP contribution in [-0.2, 0) is 14.9 Å². The van der Waals surface area contributed by atoms with Crippen molar-refractivity contribution in [2.75, 3.05) is 19.8 Å². The van der Waals surface area contributed by atoms with Gasteiger partial charge in [0, 0.05) is 31.2 Å². The summed E-state index contributed by atoms with van der Waals surface area (Å²) in [4.78, 5) is 12.8. The molecule has 0 spiro atoms. The molecular weight excluding hydrogens is 312 g/mol. The molecular formula is C21H30N2O2. The molecule has 4 rings (SSSR count). The standard InChI is InChI=1S/C21H30N2O2/c24-20(19-14-16-6-4-5-9-18(16)23-19)22-15-21(10-12-25-13-11-21)17-7-2-1-3-8-17/h1-3,7-8,16,18-19,23H,4-6,9-15H2,(H,22,24). The minimum atomic E-state index is 0.000707. The third-order valence-electron chi connectivity index (χ3n) is 6.62. The molecule has 2 N–H and O–H groups in total. The van der Waals surface area contributed by atoms with Crippen LogP contribution >= 0.6 is 0 Å². The molecule has 3 fully saturated rings. The quantitative estimate of drug-likeness (QED) is 0.885. The Kier molecular flexibility index (Phi) is 5.09. The highest BCUT2D eigenvalue weighted by Crippen LogP contribution is 2.35. The van der Waals surface area contributed by atoms with E-state index in [1.54, 1.807) is 0 Å². The zero-order valence-corrected chi connectivity index (χ0v) is 15.0. The number of benzene rings is 1. The van der Waals surface area contributed by atoms with Gasteiger partial charge in [0.25, 0.3) is 0 Å². The van der Waals surface area contributed by atoms with E-state index in [-0.39, 0.29) is 17.4 Å². The predicted molar refractivity (Wildman–Crippen MR) is 98.5 cm³/mol. The number of carbonyl (C=O) groups is 1. The summed E-state index contributed by atoms with van der Waals surface area (Å²) < 4.78 is 5.59. The van der Waals surface area contributed by atoms with E-state index in [0.717, 1.165) is 32.5 Å². The summed E-state index contributed by atoms with van der Waals surface area (Å²) in [5.41, 5.74) is 1.34. The number of nitrogens with one attached hydrogen (secondary N) is 2. The predicted octanol–water partition coefficient (Wildman–Crippen LogP) is 2.77. The number of fused-ring (bicyclic) bond motifs is 1. The SMILES string of the molecule is O=C(NCC1(c2ccccc2)CCOCC1)C1CC2CCCCC2N1. The highest BCUT2D eigenvalue weighted by molar-refractivity contribution is 5.82. The van der Waals surface area contributed by atoms with Crippen molar-refractivity contribution in [2.24, 2.45) is 5.92 Å². The Balaban J connectivity index is 1.40. The first-order chi connectivity index (χ1) is 12.3. The van der Waals surface area contributed by atoms with Gasteiger partial charge in [0.05, 0.1) is 6.04 Å². The van der Waals surface area contributed by atoms with Crippen molar-refractivity contribution in [1.29, 1.82) is 0 Å². The van der Waals surface area contributed by atoms with Gasteiger partial charge in [0.1, 0.15) is 0 Å². The van der Waals surface area contributed by atoms with E-state index in [1.807, 2.05) is 0 Å². The highest BCUT2D eigenvalue weighted by atomic mass is 16.5. The summed E-state index contributed by atoms with van der Waals surface area (Å²) in [7, 11) is 0. The zero-order valence-electron chi connectivity index (χ0n) is 15.0. The first-order valence-electron chi connectivity index (χ1n) is 9.94. The third-order valence-corrected chi connectivity index (χ3v) is 6.62. The first kappa shape index (κ1) is 17.0. The van der Waals surface area contributed by atoms with Crippen LogP contribution in [-0.4, -0.2) is 37.7 Å². The topological polar surface area (TPSA) is 50.4 Å². The average molecular weight is 342 g/mol. The molecule has 2 aliphatic heterocycles. The Morgan fingerprint density at radius 1 is 1.16 bits per heavy atom. The maximum absolute atomic E-state index is 12.8. The molecule has 0 bridgehead atoms. The van der Waals surface area contributed by atoms with Crippen LogP contribution in [0.3, 0.4) is 0 Å². The van der Waals surface area contributed by atoms with Crippen LogP contribution in [0.4, 0.5) is 0 Å². The van der Waals surface area contributed by atoms with Gasteiger partial charge in [0.15, 0.2) is 0 Å². The van der Waals surface area contributed by atoms with Crippen LogP contribution < -0.4 is 10.6 Å². The zero-order chi connectivity index (χ0) is 17.1. The highest BCUT2D eigenvalue weighted by Gasteiger charge is 2.40. The van der Waals surface area contributed by atoms with Crippen molar-refractivity contribution < 1.29 is 9.53 Å². The molecule has 1 saturated carbocycles. The molecule has 0 radical (unpaired) electrons. The summed E-state index contributed by atoms with van der Waals surface area (Å²) >= 11 is 0. The van der Waals surface area contributed by atoms with E-state index in [0.29, 0.717) is 18.5 Å². The lowest BCUT2D eigenvalue weighted by molar-refractivity contribution is -0.123. The number of rotatable bonds is 4. The lowest BCUT2D eigenvalue weighted by atomic mass is 9.74. The Labute approximate surface area is 150 Å². The minimum absolute atomic E-state index is 0.000707. The molecule has 1 aromatic rings. The summed E-state index contributed by atoms with van der Waals surface area (Å²) in [6.07, 6.45) is 8.11. The third kappa shape index (κ3) is 3.61. The van der Waals surface area contributed by atoms with Crippen molar-refractivity contribution in [3.63, 3.8) is 0 Å². The van der Waals surface area contributed by atoms with E-state index in [2.05, 4.69) is 41.0 Å². The molecule has 136 valence electrons. The maximum Gasteiger partial charge on any atom is 0.237 e. The van der Waals surface area contributed by atoms with Crippen molar-refractivity contribution in [2.45, 2.75) is 62.4 Å². The normalized spacial score (nSPS) is 31.3. The molecule has 1 aromatic carbocycles. The Morgan fingerprint density at radius 3 is 2.68 bits per heavy atom. The van der Waals surface area contributed by atoms with Crippen molar-refractivity contribution in [3.05, 3.63) is 35.9 Å². The van der Waals surface area contributed by atoms with Crippen LogP contribution in [0.5, 0.6) is 0 Å². The van der Waals surface area contributed by atoms with Gasteiger partial charge in [-0.15, -0.1) is 0 Å². The molecule has 2 heterocycles. The molecule has 1 amide bonds. The number of hydrogen-bond donors (Lipinski definition) is 2. The fourth-order valence-electron chi connectivity index (χ4n) is 5.02. The number of amides is 1. The molecule has 0 aromatic heterocycles. The van der Waals surface area contributed by atoms with Crippen LogP contribution in [0.2, 0.25) is 0 Å². The molecule has 4 heteroatoms. The second kappa shape index (κ2) is 7.46. The molecule has 4 nitrogen and oxygen atoms in total. The van der Waals surface area contributed by atoms with E-state index >= 15 is 0 Å². The maximum atomic E-state index is 12.8. The Hall–Kier alpha value is -1.39. The molecule has 1 aliphatic carbocycles. The second-order valence-corrected chi connectivity index (χ2v) is 8.08. The van der Waals surface area contributed by atoms with Crippen molar-refractivity contribution in [1.82, 2.24) is 10.6 Å². The van der Waals surface area contributed by atoms with E-state index in [1.165, 1.54) is 31.2 Å². The number of carbonyl (C=O) groups excluding carboxylic acids is 1. The number of ether oxygens (including phenoxy) is 1. The molecule has 2 saturated heterocycles. The van der Waals surface area contributed by atoms with E-state index in [9.17, 15) is 4.79 Å². The minimum Gasteiger partial charge on any atom is -0.381 e. The van der Waals surface area contributed by atoms with Gasteiger partial charge in [-0.2, -0.15) is 0 Å². The van der Waals surface area contributed by atoms with Gasteiger partial charge in [-0.25, -0.2) is 0 Å². The lowest BCUT2D eigenvalue weighted by Crippen LogP contribution is -2.49. The second-order valence-electron chi connectivity index (χ2n) is 8.08. The van der Waals surface area contributed by atoms with Gasteiger partial charge < -0.3 is 15.4 Å². The average Bonchev–Trinajstić information content (AvgIpc) is 3.12. The monoisotopic (exact) mass is 342 g/mol. The smallest absolute Gasteiger partial charge is 0.237 e. The van der Waals surface area contributed by atoms with E-state index in [4.69, 9.17) is 4.74 Å². The molecule has 25 heavy (non-hydrogen) atoms. The van der Waals surface area contributed by atoms with Crippen molar-refractivity contribution >= 4 is 5.91 Å². The molecule has 3 aliphatic rings. The fourth-order valence-corrected chi connectivity index (χ4v) is 5.02. The van der Waals surface area contributed by atoms with Crippen LogP contribution in [0.15, 0.2) is 30.3 Å². The largest absolute Gasteiger partial charge is 0.381 e. The van der Waals surface area contributed by atoms with Gasteiger partial charge in [-0.05, 0) is 43.6 Å². The first-order valence-corrected chi connectivity index (χ1v) is 9.94. The van der Waals surface area contributed by atoms with Gasteiger partial charge in [-0.3, -0.25) is 4.79 Å². The summed E-state index contributed by atoms with van der Waals surface area (Å²) in [6.45, 7) is 2.26. The molecule has 3 atom stereocenters. The summed E-state index contributed by atoms with van der Waals surface area (Å²) in [5.74, 6) is 0.895. The van der Waals surface area contributed by atoms with Gasteiger partial charge in [0.2, 0.25) is 5.91 Å². The van der Waals surface area contributed by atoms with Crippen LogP contribution in [0.1, 0.15) is 50.5 Å². The Morgan fingerprint density at radius 2 is 1.92 bits per heavy atom. The van der Waals surface area contributed by atoms with Gasteiger partial charge in [-0.1, -0.05) is 43.2 Å². The lowest BCUT2D eigenvalue weighted by Gasteiger charge is -2.38. The molecule has 3 unspecified atom stereocenters. The number of hydrogen-bond acceptors (Lipinski definition) is 3.